The van der Waals surface area contributed by atoms with Crippen molar-refractivity contribution in [1.29, 1.82) is 0 Å². The third kappa shape index (κ3) is 3.92. The molecule has 7 heteroatoms. The molecule has 0 bridgehead atoms. The lowest BCUT2D eigenvalue weighted by Crippen LogP contribution is -2.32. The highest BCUT2D eigenvalue weighted by Gasteiger charge is 2.27. The number of hydrogen-bond donors (Lipinski definition) is 1. The van der Waals surface area contributed by atoms with E-state index in [9.17, 15) is 4.79 Å². The van der Waals surface area contributed by atoms with Crippen molar-refractivity contribution >= 4 is 16.9 Å². The standard InChI is InChI=1S/C24H24N6O/c1-29-21-10-13-30(15-18-8-5-9-20-22(18)26-12-11-25-20)16-19(21)23(28-29)24(31)27-14-17-6-3-2-4-7-17/h2-9,11-12H,10,13-16H2,1H3,(H,27,31). The van der Waals surface area contributed by atoms with E-state index < -0.39 is 0 Å². The van der Waals surface area contributed by atoms with Crippen LogP contribution in [-0.4, -0.2) is 37.1 Å². The van der Waals surface area contributed by atoms with Crippen molar-refractivity contribution in [1.82, 2.24) is 30.0 Å². The fraction of sp³-hybridized carbons (Fsp3) is 0.250. The average molecular weight is 412 g/mol. The Labute approximate surface area is 180 Å². The van der Waals surface area contributed by atoms with E-state index in [4.69, 9.17) is 0 Å². The van der Waals surface area contributed by atoms with Crippen molar-refractivity contribution < 1.29 is 4.79 Å². The molecule has 7 nitrogen and oxygen atoms in total. The number of para-hydroxylation sites is 1. The number of aromatic nitrogens is 4. The van der Waals surface area contributed by atoms with E-state index in [-0.39, 0.29) is 5.91 Å². The minimum Gasteiger partial charge on any atom is -0.347 e. The fourth-order valence-corrected chi connectivity index (χ4v) is 4.25. The molecule has 0 saturated heterocycles. The number of nitrogens with zero attached hydrogens (tertiary/aromatic N) is 5. The van der Waals surface area contributed by atoms with Gasteiger partial charge in [0.2, 0.25) is 0 Å². The summed E-state index contributed by atoms with van der Waals surface area (Å²) < 4.78 is 1.85. The van der Waals surface area contributed by atoms with Crippen LogP contribution < -0.4 is 5.32 Å². The zero-order valence-electron chi connectivity index (χ0n) is 17.5. The van der Waals surface area contributed by atoms with Crippen LogP contribution in [0.1, 0.15) is 32.9 Å². The highest BCUT2D eigenvalue weighted by atomic mass is 16.1. The Morgan fingerprint density at radius 3 is 2.77 bits per heavy atom. The molecule has 1 N–H and O–H groups in total. The summed E-state index contributed by atoms with van der Waals surface area (Å²) in [7, 11) is 1.92. The Hall–Kier alpha value is -3.58. The van der Waals surface area contributed by atoms with Gasteiger partial charge in [0.1, 0.15) is 0 Å². The van der Waals surface area contributed by atoms with E-state index in [1.165, 1.54) is 0 Å². The summed E-state index contributed by atoms with van der Waals surface area (Å²) in [6, 6.07) is 16.0. The van der Waals surface area contributed by atoms with Crippen molar-refractivity contribution in [3.05, 3.63) is 89.0 Å². The Morgan fingerprint density at radius 2 is 1.90 bits per heavy atom. The molecule has 0 fully saturated rings. The Balaban J connectivity index is 1.35. The van der Waals surface area contributed by atoms with Crippen LogP contribution >= 0.6 is 0 Å². The van der Waals surface area contributed by atoms with E-state index in [1.54, 1.807) is 12.4 Å². The van der Waals surface area contributed by atoms with E-state index in [1.807, 2.05) is 54.2 Å². The maximum absolute atomic E-state index is 12.9. The van der Waals surface area contributed by atoms with Crippen LogP contribution in [0.25, 0.3) is 11.0 Å². The number of carbonyl (C=O) groups is 1. The molecule has 0 aliphatic carbocycles. The molecule has 0 spiro atoms. The molecule has 1 aliphatic rings. The molecular weight excluding hydrogens is 388 g/mol. The summed E-state index contributed by atoms with van der Waals surface area (Å²) in [5.41, 5.74) is 6.73. The van der Waals surface area contributed by atoms with Crippen molar-refractivity contribution in [2.24, 2.45) is 7.05 Å². The molecule has 0 unspecified atom stereocenters. The molecule has 1 amide bonds. The summed E-state index contributed by atoms with van der Waals surface area (Å²) in [5.74, 6) is -0.126. The first-order valence-corrected chi connectivity index (χ1v) is 10.5. The molecule has 5 rings (SSSR count). The summed E-state index contributed by atoms with van der Waals surface area (Å²) in [6.45, 7) is 2.85. The molecule has 0 atom stereocenters. The van der Waals surface area contributed by atoms with Crippen molar-refractivity contribution in [2.45, 2.75) is 26.1 Å². The molecule has 2 aromatic carbocycles. The monoisotopic (exact) mass is 412 g/mol. The van der Waals surface area contributed by atoms with Gasteiger partial charge in [-0.1, -0.05) is 42.5 Å². The topological polar surface area (TPSA) is 75.9 Å². The largest absolute Gasteiger partial charge is 0.347 e. The third-order valence-corrected chi connectivity index (χ3v) is 5.81. The number of rotatable bonds is 5. The molecule has 4 aromatic rings. The van der Waals surface area contributed by atoms with Gasteiger partial charge in [-0.25, -0.2) is 0 Å². The van der Waals surface area contributed by atoms with Crippen LogP contribution in [0.5, 0.6) is 0 Å². The van der Waals surface area contributed by atoms with Gasteiger partial charge in [0.05, 0.1) is 11.0 Å². The smallest absolute Gasteiger partial charge is 0.272 e. The molecule has 0 saturated carbocycles. The molecular formula is C24H24N6O. The number of amides is 1. The van der Waals surface area contributed by atoms with E-state index in [0.29, 0.717) is 18.8 Å². The zero-order chi connectivity index (χ0) is 21.2. The first kappa shape index (κ1) is 19.4. The van der Waals surface area contributed by atoms with Crippen LogP contribution in [0.15, 0.2) is 60.9 Å². The van der Waals surface area contributed by atoms with Crippen molar-refractivity contribution in [3.8, 4) is 0 Å². The number of nitrogens with one attached hydrogen (secondary N) is 1. The second-order valence-electron chi connectivity index (χ2n) is 7.87. The van der Waals surface area contributed by atoms with Crippen LogP contribution in [0.3, 0.4) is 0 Å². The van der Waals surface area contributed by atoms with Gasteiger partial charge in [-0.05, 0) is 17.2 Å². The second kappa shape index (κ2) is 8.28. The van der Waals surface area contributed by atoms with E-state index >= 15 is 0 Å². The Bertz CT molecular complexity index is 1230. The summed E-state index contributed by atoms with van der Waals surface area (Å²) in [6.07, 6.45) is 4.31. The molecule has 31 heavy (non-hydrogen) atoms. The molecule has 1 aliphatic heterocycles. The third-order valence-electron chi connectivity index (χ3n) is 5.81. The first-order valence-electron chi connectivity index (χ1n) is 10.5. The lowest BCUT2D eigenvalue weighted by Gasteiger charge is -2.27. The maximum atomic E-state index is 12.9. The quantitative estimate of drug-likeness (QED) is 0.546. The van der Waals surface area contributed by atoms with E-state index in [0.717, 1.165) is 52.9 Å². The maximum Gasteiger partial charge on any atom is 0.272 e. The number of fused-ring (bicyclic) bond motifs is 2. The van der Waals surface area contributed by atoms with Gasteiger partial charge in [-0.2, -0.15) is 5.10 Å². The molecule has 2 aromatic heterocycles. The van der Waals surface area contributed by atoms with Gasteiger partial charge < -0.3 is 5.32 Å². The number of aryl methyl sites for hydroxylation is 1. The highest BCUT2D eigenvalue weighted by Crippen LogP contribution is 2.25. The minimum atomic E-state index is -0.126. The lowest BCUT2D eigenvalue weighted by molar-refractivity contribution is 0.0943. The first-order chi connectivity index (χ1) is 15.2. The fourth-order valence-electron chi connectivity index (χ4n) is 4.25. The van der Waals surface area contributed by atoms with Crippen LogP contribution in [0, 0.1) is 0 Å². The van der Waals surface area contributed by atoms with E-state index in [2.05, 4.69) is 31.3 Å². The summed E-state index contributed by atoms with van der Waals surface area (Å²) in [5, 5.41) is 7.57. The number of carbonyl (C=O) groups excluding carboxylic acids is 1. The number of hydrogen-bond acceptors (Lipinski definition) is 5. The van der Waals surface area contributed by atoms with Gasteiger partial charge >= 0.3 is 0 Å². The normalized spacial score (nSPS) is 13.8. The highest BCUT2D eigenvalue weighted by molar-refractivity contribution is 5.94. The Kier molecular flexibility index (Phi) is 5.18. The van der Waals surface area contributed by atoms with Crippen LogP contribution in [0.4, 0.5) is 0 Å². The van der Waals surface area contributed by atoms with Gasteiger partial charge in [-0.3, -0.25) is 24.3 Å². The molecule has 3 heterocycles. The molecule has 156 valence electrons. The Morgan fingerprint density at radius 1 is 1.06 bits per heavy atom. The van der Waals surface area contributed by atoms with Gasteiger partial charge in [-0.15, -0.1) is 0 Å². The number of benzene rings is 2. The summed E-state index contributed by atoms with van der Waals surface area (Å²) in [4.78, 5) is 24.2. The summed E-state index contributed by atoms with van der Waals surface area (Å²) >= 11 is 0. The SMILES string of the molecule is Cn1nc(C(=O)NCc2ccccc2)c2c1CCN(Cc1cccc3nccnc13)C2. The predicted octanol–water partition coefficient (Wildman–Crippen LogP) is 2.85. The average Bonchev–Trinajstić information content (AvgIpc) is 3.14. The van der Waals surface area contributed by atoms with Gasteiger partial charge in [0.15, 0.2) is 5.69 Å². The predicted molar refractivity (Wildman–Crippen MR) is 118 cm³/mol. The zero-order valence-corrected chi connectivity index (χ0v) is 17.5. The van der Waals surface area contributed by atoms with Crippen LogP contribution in [-0.2, 0) is 33.1 Å². The van der Waals surface area contributed by atoms with Crippen molar-refractivity contribution in [2.75, 3.05) is 6.54 Å². The van der Waals surface area contributed by atoms with Crippen molar-refractivity contribution in [3.63, 3.8) is 0 Å². The lowest BCUT2D eigenvalue weighted by atomic mass is 10.0. The minimum absolute atomic E-state index is 0.126. The second-order valence-corrected chi connectivity index (χ2v) is 7.87. The van der Waals surface area contributed by atoms with Gasteiger partial charge in [0, 0.05) is 63.3 Å². The molecule has 0 radical (unpaired) electrons. The van der Waals surface area contributed by atoms with Crippen LogP contribution in [0.2, 0.25) is 0 Å². The van der Waals surface area contributed by atoms with Gasteiger partial charge in [0.25, 0.3) is 5.91 Å².